The molecule has 6 heteroatoms. The molecular formula is C24H27N3O3. The highest BCUT2D eigenvalue weighted by Gasteiger charge is 2.32. The normalized spacial score (nSPS) is 16.7. The molecule has 0 spiro atoms. The minimum atomic E-state index is -0.202. The summed E-state index contributed by atoms with van der Waals surface area (Å²) in [6.07, 6.45) is 3.14. The van der Waals surface area contributed by atoms with Crippen molar-refractivity contribution in [2.45, 2.75) is 26.2 Å². The predicted molar refractivity (Wildman–Crippen MR) is 115 cm³/mol. The van der Waals surface area contributed by atoms with E-state index in [1.807, 2.05) is 36.1 Å². The van der Waals surface area contributed by atoms with E-state index in [9.17, 15) is 14.4 Å². The van der Waals surface area contributed by atoms with Gasteiger partial charge in [-0.1, -0.05) is 30.7 Å². The van der Waals surface area contributed by atoms with Crippen LogP contribution in [0.4, 0.5) is 5.69 Å². The average Bonchev–Trinajstić information content (AvgIpc) is 2.74. The third-order valence-electron chi connectivity index (χ3n) is 6.10. The van der Waals surface area contributed by atoms with Gasteiger partial charge in [0.15, 0.2) is 0 Å². The van der Waals surface area contributed by atoms with Gasteiger partial charge < -0.3 is 15.1 Å². The molecule has 1 saturated carbocycles. The topological polar surface area (TPSA) is 69.7 Å². The second kappa shape index (κ2) is 8.69. The highest BCUT2D eigenvalue weighted by molar-refractivity contribution is 6.05. The van der Waals surface area contributed by atoms with Gasteiger partial charge in [0.25, 0.3) is 11.8 Å². The largest absolute Gasteiger partial charge is 0.339 e. The number of piperazine rings is 1. The molecule has 1 N–H and O–H groups in total. The molecular weight excluding hydrogens is 378 g/mol. The summed E-state index contributed by atoms with van der Waals surface area (Å²) in [5, 5.41) is 2.91. The van der Waals surface area contributed by atoms with Crippen LogP contribution in [0.2, 0.25) is 0 Å². The number of nitrogens with zero attached hydrogens (tertiary/aromatic N) is 2. The van der Waals surface area contributed by atoms with Crippen LogP contribution in [0.1, 0.15) is 45.5 Å². The molecule has 0 radical (unpaired) electrons. The van der Waals surface area contributed by atoms with E-state index in [0.717, 1.165) is 24.8 Å². The van der Waals surface area contributed by atoms with E-state index in [0.29, 0.717) is 43.0 Å². The number of amides is 3. The van der Waals surface area contributed by atoms with Crippen LogP contribution in [0.5, 0.6) is 0 Å². The Labute approximate surface area is 176 Å². The first-order valence-corrected chi connectivity index (χ1v) is 10.6. The van der Waals surface area contributed by atoms with Crippen molar-refractivity contribution in [2.24, 2.45) is 5.92 Å². The maximum absolute atomic E-state index is 13.0. The van der Waals surface area contributed by atoms with Gasteiger partial charge in [-0.25, -0.2) is 0 Å². The van der Waals surface area contributed by atoms with E-state index in [1.54, 1.807) is 29.2 Å². The summed E-state index contributed by atoms with van der Waals surface area (Å²) in [7, 11) is 0. The summed E-state index contributed by atoms with van der Waals surface area (Å²) < 4.78 is 0. The van der Waals surface area contributed by atoms with E-state index < -0.39 is 0 Å². The average molecular weight is 405 g/mol. The van der Waals surface area contributed by atoms with Gasteiger partial charge in [-0.15, -0.1) is 0 Å². The zero-order chi connectivity index (χ0) is 21.1. The lowest BCUT2D eigenvalue weighted by molar-refractivity contribution is -0.139. The minimum absolute atomic E-state index is 0.0686. The third kappa shape index (κ3) is 4.22. The first-order valence-electron chi connectivity index (χ1n) is 10.6. The Kier molecular flexibility index (Phi) is 5.84. The van der Waals surface area contributed by atoms with Crippen molar-refractivity contribution in [2.75, 3.05) is 31.5 Å². The van der Waals surface area contributed by atoms with Gasteiger partial charge in [-0.05, 0) is 49.6 Å². The number of nitrogens with one attached hydrogen (secondary N) is 1. The Morgan fingerprint density at radius 2 is 1.53 bits per heavy atom. The standard InChI is InChI=1S/C24H27N3O3/c1-17-10-11-20(16-21(17)25-22(28)18-6-3-2-4-7-18)24(30)27-14-12-26(13-15-27)23(29)19-8-5-9-19/h2-4,6-7,10-11,16,19H,5,8-9,12-15H2,1H3,(H,25,28). The van der Waals surface area contributed by atoms with Crippen LogP contribution in [-0.4, -0.2) is 53.7 Å². The number of benzene rings is 2. The molecule has 0 bridgehead atoms. The fourth-order valence-corrected chi connectivity index (χ4v) is 3.90. The van der Waals surface area contributed by atoms with Crippen molar-refractivity contribution in [1.82, 2.24) is 9.80 Å². The Morgan fingerprint density at radius 1 is 0.867 bits per heavy atom. The lowest BCUT2D eigenvalue weighted by Crippen LogP contribution is -2.52. The summed E-state index contributed by atoms with van der Waals surface area (Å²) in [6.45, 7) is 4.16. The maximum Gasteiger partial charge on any atom is 0.255 e. The SMILES string of the molecule is Cc1ccc(C(=O)N2CCN(C(=O)C3CCC3)CC2)cc1NC(=O)c1ccccc1. The third-order valence-corrected chi connectivity index (χ3v) is 6.10. The Hall–Kier alpha value is -3.15. The molecule has 0 aromatic heterocycles. The zero-order valence-electron chi connectivity index (χ0n) is 17.3. The maximum atomic E-state index is 13.0. The van der Waals surface area contributed by atoms with Gasteiger partial charge in [0.1, 0.15) is 0 Å². The van der Waals surface area contributed by atoms with Crippen molar-refractivity contribution >= 4 is 23.4 Å². The number of carbonyl (C=O) groups is 3. The van der Waals surface area contributed by atoms with E-state index in [-0.39, 0.29) is 23.6 Å². The molecule has 6 nitrogen and oxygen atoms in total. The number of hydrogen-bond donors (Lipinski definition) is 1. The zero-order valence-corrected chi connectivity index (χ0v) is 17.3. The van der Waals surface area contributed by atoms with Crippen molar-refractivity contribution in [3.05, 3.63) is 65.2 Å². The lowest BCUT2D eigenvalue weighted by Gasteiger charge is -2.38. The van der Waals surface area contributed by atoms with E-state index in [2.05, 4.69) is 5.32 Å². The molecule has 2 aliphatic rings. The Balaban J connectivity index is 1.40. The van der Waals surface area contributed by atoms with Gasteiger partial charge in [0.05, 0.1) is 0 Å². The second-order valence-electron chi connectivity index (χ2n) is 8.10. The summed E-state index contributed by atoms with van der Waals surface area (Å²) >= 11 is 0. The van der Waals surface area contributed by atoms with Gasteiger partial charge in [-0.3, -0.25) is 14.4 Å². The smallest absolute Gasteiger partial charge is 0.255 e. The number of hydrogen-bond acceptors (Lipinski definition) is 3. The molecule has 1 saturated heterocycles. The molecule has 1 heterocycles. The van der Waals surface area contributed by atoms with Gasteiger partial charge >= 0.3 is 0 Å². The molecule has 1 aliphatic heterocycles. The molecule has 3 amide bonds. The van der Waals surface area contributed by atoms with Crippen molar-refractivity contribution in [1.29, 1.82) is 0 Å². The summed E-state index contributed by atoms with van der Waals surface area (Å²) in [6, 6.07) is 14.4. The quantitative estimate of drug-likeness (QED) is 0.848. The van der Waals surface area contributed by atoms with Crippen LogP contribution in [0.25, 0.3) is 0 Å². The number of aryl methyl sites for hydroxylation is 1. The predicted octanol–water partition coefficient (Wildman–Crippen LogP) is 3.33. The fourth-order valence-electron chi connectivity index (χ4n) is 3.90. The van der Waals surface area contributed by atoms with Crippen LogP contribution in [0, 0.1) is 12.8 Å². The van der Waals surface area contributed by atoms with E-state index in [1.165, 1.54) is 0 Å². The molecule has 156 valence electrons. The van der Waals surface area contributed by atoms with Crippen molar-refractivity contribution in [3.63, 3.8) is 0 Å². The molecule has 2 aromatic rings. The molecule has 4 rings (SSSR count). The molecule has 30 heavy (non-hydrogen) atoms. The van der Waals surface area contributed by atoms with Gasteiger partial charge in [0.2, 0.25) is 5.91 Å². The number of carbonyl (C=O) groups excluding carboxylic acids is 3. The fraction of sp³-hybridized carbons (Fsp3) is 0.375. The van der Waals surface area contributed by atoms with Crippen molar-refractivity contribution < 1.29 is 14.4 Å². The summed E-state index contributed by atoms with van der Waals surface area (Å²) in [5.74, 6) is 0.169. The highest BCUT2D eigenvalue weighted by atomic mass is 16.2. The minimum Gasteiger partial charge on any atom is -0.339 e. The molecule has 1 aliphatic carbocycles. The van der Waals surface area contributed by atoms with Crippen LogP contribution >= 0.6 is 0 Å². The van der Waals surface area contributed by atoms with Crippen LogP contribution in [-0.2, 0) is 4.79 Å². The Bertz CT molecular complexity index is 945. The molecule has 0 unspecified atom stereocenters. The van der Waals surface area contributed by atoms with E-state index >= 15 is 0 Å². The molecule has 2 fully saturated rings. The van der Waals surface area contributed by atoms with Gasteiger partial charge in [-0.2, -0.15) is 0 Å². The van der Waals surface area contributed by atoms with Gasteiger partial charge in [0, 0.05) is 48.9 Å². The number of anilines is 1. The van der Waals surface area contributed by atoms with Crippen LogP contribution in [0.15, 0.2) is 48.5 Å². The lowest BCUT2D eigenvalue weighted by atomic mass is 9.84. The van der Waals surface area contributed by atoms with Crippen molar-refractivity contribution in [3.8, 4) is 0 Å². The second-order valence-corrected chi connectivity index (χ2v) is 8.10. The number of rotatable bonds is 4. The molecule has 0 atom stereocenters. The highest BCUT2D eigenvalue weighted by Crippen LogP contribution is 2.28. The summed E-state index contributed by atoms with van der Waals surface area (Å²) in [5.41, 5.74) is 2.64. The first-order chi connectivity index (χ1) is 14.5. The van der Waals surface area contributed by atoms with Crippen LogP contribution in [0.3, 0.4) is 0 Å². The van der Waals surface area contributed by atoms with E-state index in [4.69, 9.17) is 0 Å². The van der Waals surface area contributed by atoms with Crippen LogP contribution < -0.4 is 5.32 Å². The monoisotopic (exact) mass is 405 g/mol. The first kappa shape index (κ1) is 20.1. The Morgan fingerprint density at radius 3 is 2.17 bits per heavy atom. The molecule has 2 aromatic carbocycles. The summed E-state index contributed by atoms with van der Waals surface area (Å²) in [4.78, 5) is 41.6.